The quantitative estimate of drug-likeness (QED) is 0.362. The first-order valence-electron chi connectivity index (χ1n) is 2.85. The maximum absolute atomic E-state index is 10.5. The van der Waals surface area contributed by atoms with Crippen LogP contribution in [0.4, 0.5) is 5.69 Å². The van der Waals surface area contributed by atoms with Crippen LogP contribution in [0.5, 0.6) is 0 Å². The van der Waals surface area contributed by atoms with Crippen molar-refractivity contribution < 1.29 is 4.92 Å². The molecule has 0 heterocycles. The molecule has 1 aromatic carbocycles. The summed E-state index contributed by atoms with van der Waals surface area (Å²) in [6.07, 6.45) is 0. The molecule has 12 heavy (non-hydrogen) atoms. The van der Waals surface area contributed by atoms with Gasteiger partial charge in [-0.25, -0.2) is 0 Å². The van der Waals surface area contributed by atoms with E-state index in [1.54, 1.807) is 12.1 Å². The minimum atomic E-state index is -0.434. The van der Waals surface area contributed by atoms with E-state index in [2.05, 4.69) is 28.6 Å². The Morgan fingerprint density at radius 1 is 1.58 bits per heavy atom. The zero-order chi connectivity index (χ0) is 9.30. The smallest absolute Gasteiger partial charge is 0.258 e. The van der Waals surface area contributed by atoms with Gasteiger partial charge >= 0.3 is 0 Å². The highest BCUT2D eigenvalue weighted by atomic mass is 127. The summed E-state index contributed by atoms with van der Waals surface area (Å²) in [6.45, 7) is 0. The SMILES string of the molecule is O=[N+]([O-])c1c(S)cc(Br)cc1I. The molecule has 1 aromatic rings. The molecule has 0 N–H and O–H groups in total. The van der Waals surface area contributed by atoms with Gasteiger partial charge in [-0.05, 0) is 34.7 Å². The second-order valence-corrected chi connectivity index (χ2v) is 4.57. The standard InChI is InChI=1S/C6H3BrINO2S/c7-3-1-4(8)6(9(10)11)5(12)2-3/h1-2,12H. The van der Waals surface area contributed by atoms with E-state index < -0.39 is 4.92 Å². The fraction of sp³-hybridized carbons (Fsp3) is 0. The normalized spacial score (nSPS) is 9.92. The van der Waals surface area contributed by atoms with Crippen molar-refractivity contribution in [1.29, 1.82) is 0 Å². The predicted molar refractivity (Wildman–Crippen MR) is 60.8 cm³/mol. The van der Waals surface area contributed by atoms with Crippen molar-refractivity contribution in [3.8, 4) is 0 Å². The first-order valence-corrected chi connectivity index (χ1v) is 5.16. The van der Waals surface area contributed by atoms with Crippen LogP contribution in [-0.2, 0) is 0 Å². The van der Waals surface area contributed by atoms with Crippen molar-refractivity contribution in [2.75, 3.05) is 0 Å². The molecule has 3 nitrogen and oxygen atoms in total. The highest BCUT2D eigenvalue weighted by Crippen LogP contribution is 2.31. The molecule has 6 heteroatoms. The molecule has 0 aromatic heterocycles. The average Bonchev–Trinajstić information content (AvgIpc) is 1.82. The molecule has 1 rings (SSSR count). The molecule has 0 aliphatic carbocycles. The summed E-state index contributed by atoms with van der Waals surface area (Å²) >= 11 is 9.13. The molecule has 0 bridgehead atoms. The van der Waals surface area contributed by atoms with Gasteiger partial charge in [0.25, 0.3) is 5.69 Å². The third-order valence-electron chi connectivity index (χ3n) is 1.19. The summed E-state index contributed by atoms with van der Waals surface area (Å²) in [5.41, 5.74) is 0.0575. The van der Waals surface area contributed by atoms with Crippen molar-refractivity contribution >= 4 is 56.8 Å². The van der Waals surface area contributed by atoms with Crippen LogP contribution in [0, 0.1) is 13.7 Å². The zero-order valence-corrected chi connectivity index (χ0v) is 10.3. The van der Waals surface area contributed by atoms with E-state index in [-0.39, 0.29) is 5.69 Å². The molecule has 0 aliphatic heterocycles. The van der Waals surface area contributed by atoms with Crippen molar-refractivity contribution in [2.45, 2.75) is 4.90 Å². The van der Waals surface area contributed by atoms with Gasteiger partial charge in [-0.1, -0.05) is 15.9 Å². The fourth-order valence-corrected chi connectivity index (χ4v) is 3.17. The molecule has 0 radical (unpaired) electrons. The average molecular weight is 360 g/mol. The lowest BCUT2D eigenvalue weighted by atomic mass is 10.3. The van der Waals surface area contributed by atoms with Crippen molar-refractivity contribution in [3.05, 3.63) is 30.3 Å². The van der Waals surface area contributed by atoms with Gasteiger partial charge in [0.05, 0.1) is 13.4 Å². The Balaban J connectivity index is 3.38. The number of benzene rings is 1. The van der Waals surface area contributed by atoms with Gasteiger partial charge in [-0.15, -0.1) is 12.6 Å². The van der Waals surface area contributed by atoms with Crippen LogP contribution in [0.15, 0.2) is 21.5 Å². The van der Waals surface area contributed by atoms with E-state index in [0.29, 0.717) is 8.47 Å². The molecule has 0 spiro atoms. The lowest BCUT2D eigenvalue weighted by Gasteiger charge is -1.99. The van der Waals surface area contributed by atoms with Gasteiger partial charge in [0, 0.05) is 4.47 Å². The van der Waals surface area contributed by atoms with E-state index in [0.717, 1.165) is 4.47 Å². The maximum Gasteiger partial charge on any atom is 0.295 e. The van der Waals surface area contributed by atoms with Gasteiger partial charge in [0.15, 0.2) is 0 Å². The minimum Gasteiger partial charge on any atom is -0.258 e. The Morgan fingerprint density at radius 3 is 2.58 bits per heavy atom. The molecule has 64 valence electrons. The maximum atomic E-state index is 10.5. The number of rotatable bonds is 1. The van der Waals surface area contributed by atoms with Gasteiger partial charge in [-0.3, -0.25) is 10.1 Å². The van der Waals surface area contributed by atoms with E-state index in [4.69, 9.17) is 0 Å². The molecular formula is C6H3BrINO2S. The summed E-state index contributed by atoms with van der Waals surface area (Å²) in [5.74, 6) is 0. The largest absolute Gasteiger partial charge is 0.295 e. The molecular weight excluding hydrogens is 357 g/mol. The number of hydrogen-bond acceptors (Lipinski definition) is 3. The third-order valence-corrected chi connectivity index (χ3v) is 2.81. The Kier molecular flexibility index (Phi) is 3.36. The molecule has 0 aliphatic rings. The topological polar surface area (TPSA) is 43.1 Å². The van der Waals surface area contributed by atoms with Gasteiger partial charge in [0.2, 0.25) is 0 Å². The number of halogens is 2. The number of hydrogen-bond donors (Lipinski definition) is 1. The van der Waals surface area contributed by atoms with E-state index in [1.165, 1.54) is 0 Å². The molecule has 0 saturated carbocycles. The highest BCUT2D eigenvalue weighted by molar-refractivity contribution is 14.1. The van der Waals surface area contributed by atoms with E-state index >= 15 is 0 Å². The van der Waals surface area contributed by atoms with Gasteiger partial charge in [0.1, 0.15) is 0 Å². The lowest BCUT2D eigenvalue weighted by Crippen LogP contribution is -1.92. The van der Waals surface area contributed by atoms with Gasteiger partial charge in [-0.2, -0.15) is 0 Å². The third kappa shape index (κ3) is 2.11. The highest BCUT2D eigenvalue weighted by Gasteiger charge is 2.16. The summed E-state index contributed by atoms with van der Waals surface area (Å²) in [5, 5.41) is 10.5. The van der Waals surface area contributed by atoms with Crippen LogP contribution in [0.1, 0.15) is 0 Å². The van der Waals surface area contributed by atoms with Crippen LogP contribution in [-0.4, -0.2) is 4.92 Å². The van der Waals surface area contributed by atoms with Crippen LogP contribution in [0.25, 0.3) is 0 Å². The molecule has 0 amide bonds. The first kappa shape index (κ1) is 10.3. The number of nitro benzene ring substituents is 1. The van der Waals surface area contributed by atoms with Crippen molar-refractivity contribution in [2.24, 2.45) is 0 Å². The monoisotopic (exact) mass is 359 g/mol. The molecule has 0 unspecified atom stereocenters. The summed E-state index contributed by atoms with van der Waals surface area (Å²) < 4.78 is 1.37. The molecule has 0 saturated heterocycles. The number of nitro groups is 1. The fourth-order valence-electron chi connectivity index (χ4n) is 0.733. The minimum absolute atomic E-state index is 0.0575. The number of nitrogens with zero attached hydrogens (tertiary/aromatic N) is 1. The Hall–Kier alpha value is 0.180. The lowest BCUT2D eigenvalue weighted by molar-refractivity contribution is -0.388. The van der Waals surface area contributed by atoms with E-state index in [9.17, 15) is 10.1 Å². The summed E-state index contributed by atoms with van der Waals surface area (Å²) in [6, 6.07) is 3.28. The van der Waals surface area contributed by atoms with Crippen LogP contribution in [0.3, 0.4) is 0 Å². The predicted octanol–water partition coefficient (Wildman–Crippen LogP) is 3.25. The van der Waals surface area contributed by atoms with E-state index in [1.807, 2.05) is 22.6 Å². The Morgan fingerprint density at radius 2 is 2.17 bits per heavy atom. The van der Waals surface area contributed by atoms with Crippen molar-refractivity contribution in [3.63, 3.8) is 0 Å². The molecule has 0 atom stereocenters. The van der Waals surface area contributed by atoms with Crippen LogP contribution < -0.4 is 0 Å². The number of thiol groups is 1. The van der Waals surface area contributed by atoms with Crippen molar-refractivity contribution in [1.82, 2.24) is 0 Å². The van der Waals surface area contributed by atoms with Crippen LogP contribution >= 0.6 is 51.1 Å². The molecule has 0 fully saturated rings. The van der Waals surface area contributed by atoms with Crippen LogP contribution in [0.2, 0.25) is 0 Å². The summed E-state index contributed by atoms with van der Waals surface area (Å²) in [7, 11) is 0. The first-order chi connectivity index (χ1) is 5.52. The Bertz CT molecular complexity index is 321. The second kappa shape index (κ2) is 3.93. The van der Waals surface area contributed by atoms with Gasteiger partial charge < -0.3 is 0 Å². The second-order valence-electron chi connectivity index (χ2n) is 2.01. The summed E-state index contributed by atoms with van der Waals surface area (Å²) in [4.78, 5) is 10.4. The zero-order valence-electron chi connectivity index (χ0n) is 5.62. The Labute approximate surface area is 96.4 Å².